The largest absolute Gasteiger partial charge is 0.371 e. The van der Waals surface area contributed by atoms with Gasteiger partial charge in [-0.15, -0.1) is 0 Å². The molecule has 3 aliphatic rings. The molecule has 6 atom stereocenters. The minimum absolute atomic E-state index is 0.142. The molecule has 3 aliphatic heterocycles. The van der Waals surface area contributed by atoms with E-state index in [1.807, 2.05) is 6.92 Å². The van der Waals surface area contributed by atoms with Crippen LogP contribution in [0.1, 0.15) is 6.92 Å². The third kappa shape index (κ3) is 1.98. The van der Waals surface area contributed by atoms with E-state index in [1.54, 1.807) is 0 Å². The Balaban J connectivity index is 1.60. The molecule has 0 aliphatic carbocycles. The van der Waals surface area contributed by atoms with E-state index in [4.69, 9.17) is 13.7 Å². The Kier molecular flexibility index (Phi) is 3.36. The zero-order chi connectivity index (χ0) is 14.5. The van der Waals surface area contributed by atoms with Crippen molar-refractivity contribution in [1.82, 2.24) is 5.32 Å². The van der Waals surface area contributed by atoms with Crippen molar-refractivity contribution in [2.75, 3.05) is 13.2 Å². The molecule has 3 fully saturated rings. The summed E-state index contributed by atoms with van der Waals surface area (Å²) in [6.07, 6.45) is -0.458. The van der Waals surface area contributed by atoms with Crippen molar-refractivity contribution in [3.8, 4) is 0 Å². The summed E-state index contributed by atoms with van der Waals surface area (Å²) in [4.78, 5) is 11.0. The Morgan fingerprint density at radius 1 is 1.40 bits per heavy atom. The molecular weight excluding hydrogens is 286 g/mol. The smallest absolute Gasteiger partial charge is 0.273 e. The SMILES string of the molecule is C=CC(=O)NCCOC1C2OC3C1OS(=O)(=O)C3C2C. The fourth-order valence-electron chi connectivity index (χ4n) is 3.27. The maximum atomic E-state index is 11.9. The van der Waals surface area contributed by atoms with Crippen molar-refractivity contribution in [3.63, 3.8) is 0 Å². The molecule has 2 bridgehead atoms. The van der Waals surface area contributed by atoms with Gasteiger partial charge in [-0.1, -0.05) is 13.5 Å². The Labute approximate surface area is 117 Å². The fraction of sp³-hybridized carbons (Fsp3) is 0.750. The molecule has 0 spiro atoms. The summed E-state index contributed by atoms with van der Waals surface area (Å²) in [7, 11) is -3.55. The molecule has 8 heteroatoms. The zero-order valence-corrected chi connectivity index (χ0v) is 11.8. The van der Waals surface area contributed by atoms with Gasteiger partial charge in [0, 0.05) is 12.5 Å². The first-order valence-corrected chi connectivity index (χ1v) is 8.02. The highest BCUT2D eigenvalue weighted by Crippen LogP contribution is 2.50. The molecule has 0 aromatic rings. The molecule has 6 unspecified atom stereocenters. The Bertz CT molecular complexity index is 532. The van der Waals surface area contributed by atoms with Gasteiger partial charge in [0.05, 0.1) is 12.7 Å². The number of fused-ring (bicyclic) bond motifs is 1. The van der Waals surface area contributed by atoms with E-state index in [0.29, 0.717) is 6.54 Å². The van der Waals surface area contributed by atoms with E-state index in [-0.39, 0.29) is 24.5 Å². The second-order valence-corrected chi connectivity index (χ2v) is 7.00. The molecule has 3 rings (SSSR count). The number of carbonyl (C=O) groups is 1. The third-order valence-corrected chi connectivity index (χ3v) is 5.98. The molecule has 0 radical (unpaired) electrons. The standard InChI is InChI=1S/C12H17NO6S/c1-3-7(14)13-4-5-17-9-8-6(2)12-11(18-8)10(9)19-20(12,15)16/h3,6,8-12H,1,4-5H2,2H3,(H,13,14). The van der Waals surface area contributed by atoms with Crippen molar-refractivity contribution in [1.29, 1.82) is 0 Å². The first kappa shape index (κ1) is 14.0. The van der Waals surface area contributed by atoms with Crippen LogP contribution < -0.4 is 5.32 Å². The van der Waals surface area contributed by atoms with Gasteiger partial charge in [-0.05, 0) is 6.08 Å². The van der Waals surface area contributed by atoms with E-state index in [1.165, 1.54) is 6.08 Å². The average molecular weight is 303 g/mol. The van der Waals surface area contributed by atoms with Crippen LogP contribution in [0.2, 0.25) is 0 Å². The van der Waals surface area contributed by atoms with E-state index < -0.39 is 33.7 Å². The van der Waals surface area contributed by atoms with Crippen molar-refractivity contribution in [2.45, 2.75) is 36.6 Å². The van der Waals surface area contributed by atoms with Crippen molar-refractivity contribution >= 4 is 16.0 Å². The highest BCUT2D eigenvalue weighted by molar-refractivity contribution is 7.87. The maximum Gasteiger partial charge on any atom is 0.273 e. The number of carbonyl (C=O) groups excluding carboxylic acids is 1. The highest BCUT2D eigenvalue weighted by Gasteiger charge is 2.69. The second kappa shape index (κ2) is 4.80. The summed E-state index contributed by atoms with van der Waals surface area (Å²) in [6.45, 7) is 5.79. The van der Waals surface area contributed by atoms with E-state index in [2.05, 4.69) is 11.9 Å². The van der Waals surface area contributed by atoms with Crippen LogP contribution in [0.25, 0.3) is 0 Å². The van der Waals surface area contributed by atoms with Crippen LogP contribution in [0.5, 0.6) is 0 Å². The fourth-order valence-corrected chi connectivity index (χ4v) is 5.16. The predicted molar refractivity (Wildman–Crippen MR) is 68.4 cm³/mol. The van der Waals surface area contributed by atoms with Crippen molar-refractivity contribution in [2.24, 2.45) is 5.92 Å². The summed E-state index contributed by atoms with van der Waals surface area (Å²) in [5, 5.41) is 2.02. The molecule has 3 heterocycles. The lowest BCUT2D eigenvalue weighted by atomic mass is 9.86. The lowest BCUT2D eigenvalue weighted by molar-refractivity contribution is -0.117. The molecule has 7 nitrogen and oxygen atoms in total. The van der Waals surface area contributed by atoms with Crippen LogP contribution in [-0.2, 0) is 28.6 Å². The molecular formula is C12H17NO6S. The van der Waals surface area contributed by atoms with Crippen LogP contribution in [0.15, 0.2) is 12.7 Å². The predicted octanol–water partition coefficient (Wildman–Crippen LogP) is -0.812. The molecule has 112 valence electrons. The maximum absolute atomic E-state index is 11.9. The topological polar surface area (TPSA) is 90.9 Å². The summed E-state index contributed by atoms with van der Waals surface area (Å²) in [5.41, 5.74) is 0. The summed E-state index contributed by atoms with van der Waals surface area (Å²) < 4.78 is 40.2. The third-order valence-electron chi connectivity index (χ3n) is 4.12. The second-order valence-electron chi connectivity index (χ2n) is 5.27. The number of rotatable bonds is 5. The van der Waals surface area contributed by atoms with E-state index in [0.717, 1.165) is 0 Å². The van der Waals surface area contributed by atoms with E-state index in [9.17, 15) is 13.2 Å². The molecule has 1 N–H and O–H groups in total. The molecule has 1 amide bonds. The number of ether oxygens (including phenoxy) is 2. The van der Waals surface area contributed by atoms with E-state index >= 15 is 0 Å². The number of nitrogens with one attached hydrogen (secondary N) is 1. The van der Waals surface area contributed by atoms with Gasteiger partial charge in [-0.3, -0.25) is 8.98 Å². The first-order valence-electron chi connectivity index (χ1n) is 6.55. The van der Waals surface area contributed by atoms with Crippen LogP contribution in [0.3, 0.4) is 0 Å². The number of hydrogen-bond donors (Lipinski definition) is 1. The number of amides is 1. The first-order chi connectivity index (χ1) is 9.45. The van der Waals surface area contributed by atoms with Crippen LogP contribution in [-0.4, -0.2) is 57.1 Å². The summed E-state index contributed by atoms with van der Waals surface area (Å²) in [5.74, 6) is -0.414. The number of hydrogen-bond acceptors (Lipinski definition) is 6. The molecule has 3 saturated heterocycles. The zero-order valence-electron chi connectivity index (χ0n) is 11.0. The molecule has 0 aromatic carbocycles. The van der Waals surface area contributed by atoms with Gasteiger partial charge >= 0.3 is 0 Å². The van der Waals surface area contributed by atoms with Crippen LogP contribution in [0.4, 0.5) is 0 Å². The van der Waals surface area contributed by atoms with Crippen LogP contribution >= 0.6 is 0 Å². The van der Waals surface area contributed by atoms with Gasteiger partial charge in [-0.2, -0.15) is 8.42 Å². The lowest BCUT2D eigenvalue weighted by Gasteiger charge is -2.26. The quantitative estimate of drug-likeness (QED) is 0.406. The summed E-state index contributed by atoms with van der Waals surface area (Å²) >= 11 is 0. The Morgan fingerprint density at radius 3 is 2.85 bits per heavy atom. The van der Waals surface area contributed by atoms with Gasteiger partial charge in [0.15, 0.2) is 0 Å². The van der Waals surface area contributed by atoms with Gasteiger partial charge in [-0.25, -0.2) is 0 Å². The monoisotopic (exact) mass is 303 g/mol. The molecule has 0 aromatic heterocycles. The highest BCUT2D eigenvalue weighted by atomic mass is 32.2. The summed E-state index contributed by atoms with van der Waals surface area (Å²) in [6, 6.07) is 0. The van der Waals surface area contributed by atoms with Gasteiger partial charge in [0.2, 0.25) is 5.91 Å². The van der Waals surface area contributed by atoms with Crippen LogP contribution in [0, 0.1) is 5.92 Å². The minimum atomic E-state index is -3.55. The Morgan fingerprint density at radius 2 is 2.15 bits per heavy atom. The average Bonchev–Trinajstić information content (AvgIpc) is 2.96. The van der Waals surface area contributed by atoms with Crippen molar-refractivity contribution in [3.05, 3.63) is 12.7 Å². The molecule has 0 saturated carbocycles. The Hall–Kier alpha value is -0.960. The normalized spacial score (nSPS) is 43.6. The lowest BCUT2D eigenvalue weighted by Crippen LogP contribution is -2.45. The molecule has 20 heavy (non-hydrogen) atoms. The van der Waals surface area contributed by atoms with Gasteiger partial charge < -0.3 is 14.8 Å². The van der Waals surface area contributed by atoms with Gasteiger partial charge in [0.1, 0.15) is 23.6 Å². The van der Waals surface area contributed by atoms with Gasteiger partial charge in [0.25, 0.3) is 10.1 Å². The van der Waals surface area contributed by atoms with Crippen molar-refractivity contribution < 1.29 is 26.9 Å². The minimum Gasteiger partial charge on any atom is -0.371 e.